The maximum atomic E-state index is 6.61. The first-order valence-corrected chi connectivity index (χ1v) is 8.17. The molecule has 0 saturated carbocycles. The molecule has 0 spiro atoms. The van der Waals surface area contributed by atoms with E-state index in [1.165, 1.54) is 0 Å². The van der Waals surface area contributed by atoms with Gasteiger partial charge in [-0.05, 0) is 30.3 Å². The second-order valence-electron chi connectivity index (χ2n) is 5.92. The SMILES string of the molecule is Nn1c2ccccc2c2c3ccn(-c4ccccc4)c3cc(Cl)c21. The third-order valence-corrected chi connectivity index (χ3v) is 4.92. The molecule has 0 fully saturated rings. The van der Waals surface area contributed by atoms with Crippen LogP contribution in [0.2, 0.25) is 5.02 Å². The zero-order chi connectivity index (χ0) is 16.3. The molecule has 5 aromatic rings. The summed E-state index contributed by atoms with van der Waals surface area (Å²) in [6, 6.07) is 22.5. The summed E-state index contributed by atoms with van der Waals surface area (Å²) in [5.74, 6) is 6.31. The number of fused-ring (bicyclic) bond motifs is 5. The van der Waals surface area contributed by atoms with Gasteiger partial charge in [0.1, 0.15) is 0 Å². The van der Waals surface area contributed by atoms with Crippen molar-refractivity contribution in [3.63, 3.8) is 0 Å². The lowest BCUT2D eigenvalue weighted by Gasteiger charge is -2.07. The van der Waals surface area contributed by atoms with Crippen molar-refractivity contribution in [2.45, 2.75) is 0 Å². The van der Waals surface area contributed by atoms with Crippen molar-refractivity contribution in [3.05, 3.63) is 77.9 Å². The van der Waals surface area contributed by atoms with Gasteiger partial charge >= 0.3 is 0 Å². The molecule has 3 nitrogen and oxygen atoms in total. The molecule has 4 heteroatoms. The molecule has 116 valence electrons. The van der Waals surface area contributed by atoms with E-state index < -0.39 is 0 Å². The largest absolute Gasteiger partial charge is 0.339 e. The normalized spacial score (nSPS) is 11.7. The van der Waals surface area contributed by atoms with Crippen molar-refractivity contribution in [2.24, 2.45) is 0 Å². The Morgan fingerprint density at radius 2 is 1.50 bits per heavy atom. The third kappa shape index (κ3) is 1.67. The van der Waals surface area contributed by atoms with Gasteiger partial charge in [-0.2, -0.15) is 0 Å². The van der Waals surface area contributed by atoms with Gasteiger partial charge in [0.25, 0.3) is 0 Å². The van der Waals surface area contributed by atoms with E-state index in [0.717, 1.165) is 38.4 Å². The van der Waals surface area contributed by atoms with Gasteiger partial charge in [-0.25, -0.2) is 0 Å². The molecular formula is C20H14ClN3. The van der Waals surface area contributed by atoms with Crippen LogP contribution in [0.5, 0.6) is 0 Å². The Kier molecular flexibility index (Phi) is 2.70. The summed E-state index contributed by atoms with van der Waals surface area (Å²) in [5.41, 5.74) is 4.04. The number of hydrogen-bond acceptors (Lipinski definition) is 1. The number of para-hydroxylation sites is 2. The van der Waals surface area contributed by atoms with Crippen molar-refractivity contribution in [2.75, 3.05) is 5.84 Å². The monoisotopic (exact) mass is 331 g/mol. The lowest BCUT2D eigenvalue weighted by Crippen LogP contribution is -2.07. The first kappa shape index (κ1) is 13.5. The Bertz CT molecular complexity index is 1220. The number of nitrogens with two attached hydrogens (primary N) is 1. The molecule has 2 N–H and O–H groups in total. The average molecular weight is 332 g/mol. The Morgan fingerprint density at radius 3 is 2.33 bits per heavy atom. The van der Waals surface area contributed by atoms with Crippen LogP contribution >= 0.6 is 11.6 Å². The molecule has 0 amide bonds. The number of nitrogen functional groups attached to an aromatic ring is 1. The highest BCUT2D eigenvalue weighted by Crippen LogP contribution is 2.38. The van der Waals surface area contributed by atoms with Crippen LogP contribution in [0.25, 0.3) is 38.4 Å². The highest BCUT2D eigenvalue weighted by Gasteiger charge is 2.17. The molecule has 5 rings (SSSR count). The standard InChI is InChI=1S/C20H14ClN3/c21-16-12-18-15(10-11-23(18)13-6-2-1-3-7-13)19-14-8-4-5-9-17(14)24(22)20(16)19/h1-12H,22H2. The fourth-order valence-corrected chi connectivity index (χ4v) is 3.86. The van der Waals surface area contributed by atoms with E-state index in [1.807, 2.05) is 42.5 Å². The number of halogens is 1. The molecule has 0 bridgehead atoms. The molecule has 0 aliphatic heterocycles. The predicted molar refractivity (Wildman–Crippen MR) is 101 cm³/mol. The lowest BCUT2D eigenvalue weighted by molar-refractivity contribution is 1.12. The Labute approximate surface area is 143 Å². The molecular weight excluding hydrogens is 318 g/mol. The minimum atomic E-state index is 0.659. The molecule has 0 atom stereocenters. The number of benzene rings is 3. The molecule has 0 aliphatic rings. The quantitative estimate of drug-likeness (QED) is 0.426. The summed E-state index contributed by atoms with van der Waals surface area (Å²) in [6.07, 6.45) is 2.08. The minimum absolute atomic E-state index is 0.659. The second-order valence-corrected chi connectivity index (χ2v) is 6.33. The van der Waals surface area contributed by atoms with Gasteiger partial charge in [0, 0.05) is 28.0 Å². The predicted octanol–water partition coefficient (Wildman–Crippen LogP) is 5.11. The summed E-state index contributed by atoms with van der Waals surface area (Å²) in [5, 5.41) is 4.03. The smallest absolute Gasteiger partial charge is 0.0897 e. The van der Waals surface area contributed by atoms with Crippen LogP contribution in [0.15, 0.2) is 72.9 Å². The molecule has 2 heterocycles. The minimum Gasteiger partial charge on any atom is -0.339 e. The van der Waals surface area contributed by atoms with Gasteiger partial charge in [0.15, 0.2) is 0 Å². The molecule has 0 aliphatic carbocycles. The molecule has 0 radical (unpaired) electrons. The van der Waals surface area contributed by atoms with E-state index in [9.17, 15) is 0 Å². The maximum Gasteiger partial charge on any atom is 0.0897 e. The highest BCUT2D eigenvalue weighted by molar-refractivity contribution is 6.39. The zero-order valence-corrected chi connectivity index (χ0v) is 13.5. The van der Waals surface area contributed by atoms with E-state index in [1.54, 1.807) is 4.68 Å². The van der Waals surface area contributed by atoms with Gasteiger partial charge in [0.2, 0.25) is 0 Å². The molecule has 24 heavy (non-hydrogen) atoms. The van der Waals surface area contributed by atoms with Gasteiger partial charge in [-0.1, -0.05) is 48.0 Å². The summed E-state index contributed by atoms with van der Waals surface area (Å²) in [6.45, 7) is 0. The summed E-state index contributed by atoms with van der Waals surface area (Å²) < 4.78 is 3.84. The van der Waals surface area contributed by atoms with Crippen LogP contribution < -0.4 is 5.84 Å². The van der Waals surface area contributed by atoms with Crippen LogP contribution in [0.1, 0.15) is 0 Å². The van der Waals surface area contributed by atoms with Crippen molar-refractivity contribution in [3.8, 4) is 5.69 Å². The number of rotatable bonds is 1. The summed E-state index contributed by atoms with van der Waals surface area (Å²) in [7, 11) is 0. The lowest BCUT2D eigenvalue weighted by atomic mass is 10.1. The highest BCUT2D eigenvalue weighted by atomic mass is 35.5. The molecule has 0 saturated heterocycles. The topological polar surface area (TPSA) is 35.9 Å². The van der Waals surface area contributed by atoms with E-state index in [4.69, 9.17) is 17.4 Å². The molecule has 3 aromatic carbocycles. The van der Waals surface area contributed by atoms with Crippen molar-refractivity contribution < 1.29 is 0 Å². The fraction of sp³-hybridized carbons (Fsp3) is 0. The van der Waals surface area contributed by atoms with Gasteiger partial charge < -0.3 is 10.4 Å². The third-order valence-electron chi connectivity index (χ3n) is 4.63. The van der Waals surface area contributed by atoms with Crippen LogP contribution in [0.4, 0.5) is 0 Å². The molecule has 0 unspecified atom stereocenters. The maximum absolute atomic E-state index is 6.61. The van der Waals surface area contributed by atoms with Crippen LogP contribution in [-0.2, 0) is 0 Å². The summed E-state index contributed by atoms with van der Waals surface area (Å²) >= 11 is 6.61. The van der Waals surface area contributed by atoms with Gasteiger partial charge in [-0.3, -0.25) is 4.68 Å². The average Bonchev–Trinajstić information content (AvgIpc) is 3.16. The first-order valence-electron chi connectivity index (χ1n) is 7.79. The number of hydrogen-bond donors (Lipinski definition) is 1. The number of aromatic nitrogens is 2. The van der Waals surface area contributed by atoms with E-state index in [0.29, 0.717) is 5.02 Å². The summed E-state index contributed by atoms with van der Waals surface area (Å²) in [4.78, 5) is 0. The number of nitrogens with zero attached hydrogens (tertiary/aromatic N) is 2. The van der Waals surface area contributed by atoms with Crippen molar-refractivity contribution >= 4 is 44.3 Å². The van der Waals surface area contributed by atoms with E-state index in [2.05, 4.69) is 35.0 Å². The van der Waals surface area contributed by atoms with Crippen LogP contribution in [0, 0.1) is 0 Å². The van der Waals surface area contributed by atoms with E-state index in [-0.39, 0.29) is 0 Å². The van der Waals surface area contributed by atoms with E-state index >= 15 is 0 Å². The Morgan fingerprint density at radius 1 is 0.792 bits per heavy atom. The van der Waals surface area contributed by atoms with Crippen molar-refractivity contribution in [1.82, 2.24) is 9.24 Å². The Hall–Kier alpha value is -2.91. The van der Waals surface area contributed by atoms with Crippen LogP contribution in [-0.4, -0.2) is 9.24 Å². The fourth-order valence-electron chi connectivity index (χ4n) is 3.58. The van der Waals surface area contributed by atoms with Gasteiger partial charge in [0.05, 0.1) is 21.6 Å². The molecule has 2 aromatic heterocycles. The Balaban J connectivity index is 1.99. The van der Waals surface area contributed by atoms with Gasteiger partial charge in [-0.15, -0.1) is 0 Å². The second kappa shape index (κ2) is 4.79. The van der Waals surface area contributed by atoms with Crippen molar-refractivity contribution in [1.29, 1.82) is 0 Å². The first-order chi connectivity index (χ1) is 11.8. The van der Waals surface area contributed by atoms with Crippen LogP contribution in [0.3, 0.4) is 0 Å². The zero-order valence-electron chi connectivity index (χ0n) is 12.8.